The van der Waals surface area contributed by atoms with Crippen LogP contribution in [-0.4, -0.2) is 28.3 Å². The van der Waals surface area contributed by atoms with Crippen LogP contribution in [0.4, 0.5) is 15.8 Å². The average molecular weight is 354 g/mol. The van der Waals surface area contributed by atoms with Crippen LogP contribution in [0, 0.1) is 27.3 Å². The standard InChI is InChI=1S/C18H15FN4O3/c19-14-3-1-12(2-4-14)11-22-8-7-16(18(22)24)21-15-5-6-17(23(25)26)13(9-15)10-20/h1-6,9,16,21H,7-8,11H2. The lowest BCUT2D eigenvalue weighted by atomic mass is 10.1. The third kappa shape index (κ3) is 3.62. The molecule has 1 N–H and O–H groups in total. The van der Waals surface area contributed by atoms with E-state index < -0.39 is 11.0 Å². The zero-order valence-electron chi connectivity index (χ0n) is 13.7. The highest BCUT2D eigenvalue weighted by Gasteiger charge is 2.31. The van der Waals surface area contributed by atoms with Gasteiger partial charge in [-0.2, -0.15) is 5.26 Å². The van der Waals surface area contributed by atoms with E-state index in [-0.39, 0.29) is 23.0 Å². The molecule has 1 aliphatic rings. The molecule has 2 aromatic carbocycles. The summed E-state index contributed by atoms with van der Waals surface area (Å²) < 4.78 is 13.0. The fourth-order valence-corrected chi connectivity index (χ4v) is 2.92. The SMILES string of the molecule is N#Cc1cc(NC2CCN(Cc3ccc(F)cc3)C2=O)ccc1[N+](=O)[O-]. The van der Waals surface area contributed by atoms with Crippen molar-refractivity contribution in [3.05, 3.63) is 69.5 Å². The van der Waals surface area contributed by atoms with Gasteiger partial charge in [-0.1, -0.05) is 12.1 Å². The number of amides is 1. The first-order valence-electron chi connectivity index (χ1n) is 7.96. The van der Waals surface area contributed by atoms with Crippen LogP contribution in [0.2, 0.25) is 0 Å². The fraction of sp³-hybridized carbons (Fsp3) is 0.222. The van der Waals surface area contributed by atoms with Gasteiger partial charge in [0.2, 0.25) is 5.91 Å². The number of likely N-dealkylation sites (tertiary alicyclic amines) is 1. The van der Waals surface area contributed by atoms with Crippen molar-refractivity contribution in [2.24, 2.45) is 0 Å². The van der Waals surface area contributed by atoms with Gasteiger partial charge in [0.1, 0.15) is 23.5 Å². The molecule has 2 aromatic rings. The van der Waals surface area contributed by atoms with Gasteiger partial charge < -0.3 is 10.2 Å². The van der Waals surface area contributed by atoms with Crippen LogP contribution < -0.4 is 5.32 Å². The molecule has 0 radical (unpaired) electrons. The smallest absolute Gasteiger partial charge is 0.287 e. The molecule has 1 unspecified atom stereocenters. The number of nitriles is 1. The van der Waals surface area contributed by atoms with Crippen LogP contribution in [0.15, 0.2) is 42.5 Å². The van der Waals surface area contributed by atoms with Crippen molar-refractivity contribution in [3.8, 4) is 6.07 Å². The van der Waals surface area contributed by atoms with Gasteiger partial charge in [-0.25, -0.2) is 4.39 Å². The number of nitrogens with zero attached hydrogens (tertiary/aromatic N) is 3. The monoisotopic (exact) mass is 354 g/mol. The van der Waals surface area contributed by atoms with Gasteiger partial charge in [-0.15, -0.1) is 0 Å². The highest BCUT2D eigenvalue weighted by molar-refractivity contribution is 5.86. The number of anilines is 1. The summed E-state index contributed by atoms with van der Waals surface area (Å²) in [5, 5.41) is 23.0. The van der Waals surface area contributed by atoms with Gasteiger partial charge in [-0.05, 0) is 36.2 Å². The van der Waals surface area contributed by atoms with E-state index in [0.29, 0.717) is 25.2 Å². The number of halogens is 1. The van der Waals surface area contributed by atoms with Gasteiger partial charge in [0.05, 0.1) is 4.92 Å². The van der Waals surface area contributed by atoms with E-state index in [1.165, 1.54) is 30.3 Å². The average Bonchev–Trinajstić information content (AvgIpc) is 2.96. The van der Waals surface area contributed by atoms with Gasteiger partial charge >= 0.3 is 0 Å². The topological polar surface area (TPSA) is 99.3 Å². The molecule has 1 aliphatic heterocycles. The van der Waals surface area contributed by atoms with E-state index in [9.17, 15) is 19.3 Å². The van der Waals surface area contributed by atoms with E-state index in [2.05, 4.69) is 5.32 Å². The Labute approximate surface area is 148 Å². The number of hydrogen-bond donors (Lipinski definition) is 1. The maximum absolute atomic E-state index is 13.0. The quantitative estimate of drug-likeness (QED) is 0.657. The van der Waals surface area contributed by atoms with Crippen molar-refractivity contribution < 1.29 is 14.1 Å². The summed E-state index contributed by atoms with van der Waals surface area (Å²) in [6.45, 7) is 0.937. The van der Waals surface area contributed by atoms with Gasteiger partial charge in [0.15, 0.2) is 0 Å². The maximum atomic E-state index is 13.0. The predicted octanol–water partition coefficient (Wildman–Crippen LogP) is 2.82. The molecule has 7 nitrogen and oxygen atoms in total. The lowest BCUT2D eigenvalue weighted by molar-refractivity contribution is -0.385. The largest absolute Gasteiger partial charge is 0.374 e. The Morgan fingerprint density at radius 2 is 2.04 bits per heavy atom. The molecule has 0 bridgehead atoms. The fourth-order valence-electron chi connectivity index (χ4n) is 2.92. The van der Waals surface area contributed by atoms with E-state index in [1.54, 1.807) is 23.1 Å². The normalized spacial score (nSPS) is 16.4. The minimum Gasteiger partial charge on any atom is -0.374 e. The van der Waals surface area contributed by atoms with E-state index >= 15 is 0 Å². The molecule has 132 valence electrons. The second kappa shape index (κ2) is 7.19. The molecule has 26 heavy (non-hydrogen) atoms. The molecule has 1 atom stereocenters. The van der Waals surface area contributed by atoms with E-state index in [1.807, 2.05) is 0 Å². The minimum absolute atomic E-state index is 0.0615. The summed E-state index contributed by atoms with van der Waals surface area (Å²) in [5.74, 6) is -0.432. The second-order valence-corrected chi connectivity index (χ2v) is 5.97. The number of nitrogens with one attached hydrogen (secondary N) is 1. The molecule has 0 saturated carbocycles. The Morgan fingerprint density at radius 1 is 1.31 bits per heavy atom. The molecular weight excluding hydrogens is 339 g/mol. The van der Waals surface area contributed by atoms with Crippen molar-refractivity contribution in [3.63, 3.8) is 0 Å². The molecule has 8 heteroatoms. The molecule has 1 heterocycles. The van der Waals surface area contributed by atoms with Crippen molar-refractivity contribution in [2.75, 3.05) is 11.9 Å². The summed E-state index contributed by atoms with van der Waals surface area (Å²) in [4.78, 5) is 24.5. The van der Waals surface area contributed by atoms with Crippen molar-refractivity contribution in [1.82, 2.24) is 4.90 Å². The number of benzene rings is 2. The molecular formula is C18H15FN4O3. The zero-order chi connectivity index (χ0) is 18.7. The second-order valence-electron chi connectivity index (χ2n) is 5.97. The van der Waals surface area contributed by atoms with Gasteiger partial charge in [-0.3, -0.25) is 14.9 Å². The van der Waals surface area contributed by atoms with Crippen LogP contribution in [0.3, 0.4) is 0 Å². The van der Waals surface area contributed by atoms with Gasteiger partial charge in [0.25, 0.3) is 5.69 Å². The summed E-state index contributed by atoms with van der Waals surface area (Å²) >= 11 is 0. The van der Waals surface area contributed by atoms with Crippen LogP contribution in [0.5, 0.6) is 0 Å². The Balaban J connectivity index is 1.68. The molecule has 1 fully saturated rings. The van der Waals surface area contributed by atoms with Crippen molar-refractivity contribution in [2.45, 2.75) is 19.0 Å². The number of rotatable bonds is 5. The summed E-state index contributed by atoms with van der Waals surface area (Å²) in [6, 6.07) is 11.4. The highest BCUT2D eigenvalue weighted by Crippen LogP contribution is 2.24. The Morgan fingerprint density at radius 3 is 2.69 bits per heavy atom. The van der Waals surface area contributed by atoms with Crippen LogP contribution in [0.1, 0.15) is 17.5 Å². The molecule has 1 amide bonds. The zero-order valence-corrected chi connectivity index (χ0v) is 13.7. The third-order valence-electron chi connectivity index (χ3n) is 4.24. The summed E-state index contributed by atoms with van der Waals surface area (Å²) in [5.41, 5.74) is 0.985. The summed E-state index contributed by atoms with van der Waals surface area (Å²) in [7, 11) is 0. The Bertz CT molecular complexity index is 892. The Kier molecular flexibility index (Phi) is 4.80. The first-order chi connectivity index (χ1) is 12.5. The summed E-state index contributed by atoms with van der Waals surface area (Å²) in [6.07, 6.45) is 0.568. The molecule has 0 aliphatic carbocycles. The van der Waals surface area contributed by atoms with Gasteiger partial charge in [0, 0.05) is 24.8 Å². The third-order valence-corrected chi connectivity index (χ3v) is 4.24. The predicted molar refractivity (Wildman–Crippen MR) is 91.7 cm³/mol. The molecule has 0 spiro atoms. The number of hydrogen-bond acceptors (Lipinski definition) is 5. The van der Waals surface area contributed by atoms with Crippen LogP contribution in [-0.2, 0) is 11.3 Å². The lowest BCUT2D eigenvalue weighted by Crippen LogP contribution is -2.33. The molecule has 0 aromatic heterocycles. The van der Waals surface area contributed by atoms with Crippen molar-refractivity contribution in [1.29, 1.82) is 5.26 Å². The minimum atomic E-state index is -0.618. The first kappa shape index (κ1) is 17.4. The first-order valence-corrected chi connectivity index (χ1v) is 7.96. The number of carbonyl (C=O) groups is 1. The lowest BCUT2D eigenvalue weighted by Gasteiger charge is -2.18. The highest BCUT2D eigenvalue weighted by atomic mass is 19.1. The number of carbonyl (C=O) groups excluding carboxylic acids is 1. The van der Waals surface area contributed by atoms with Crippen LogP contribution in [0.25, 0.3) is 0 Å². The van der Waals surface area contributed by atoms with E-state index in [0.717, 1.165) is 5.56 Å². The maximum Gasteiger partial charge on any atom is 0.287 e. The Hall–Kier alpha value is -3.47. The number of nitro benzene ring substituents is 1. The number of nitro groups is 1. The van der Waals surface area contributed by atoms with Crippen LogP contribution >= 0.6 is 0 Å². The van der Waals surface area contributed by atoms with E-state index in [4.69, 9.17) is 5.26 Å². The molecule has 3 rings (SSSR count). The molecule has 1 saturated heterocycles. The van der Waals surface area contributed by atoms with Crippen molar-refractivity contribution >= 4 is 17.3 Å².